The molecule has 5 nitrogen and oxygen atoms in total. The maximum Gasteiger partial charge on any atom is 0.170 e. The molecule has 104 valence electrons. The Morgan fingerprint density at radius 2 is 1.95 bits per heavy atom. The number of benzene rings is 1. The highest BCUT2D eigenvalue weighted by Gasteiger charge is 2.30. The zero-order chi connectivity index (χ0) is 14.0. The topological polar surface area (TPSA) is 65.1 Å². The second kappa shape index (κ2) is 5.48. The lowest BCUT2D eigenvalue weighted by Gasteiger charge is -2.23. The fourth-order valence-electron chi connectivity index (χ4n) is 2.73. The second-order valence-electron chi connectivity index (χ2n) is 5.45. The Morgan fingerprint density at radius 3 is 2.42 bits per heavy atom. The summed E-state index contributed by atoms with van der Waals surface area (Å²) in [5.74, 6) is 0.797. The van der Waals surface area contributed by atoms with E-state index in [4.69, 9.17) is 10.9 Å². The second-order valence-corrected chi connectivity index (χ2v) is 5.45. The van der Waals surface area contributed by atoms with Gasteiger partial charge in [-0.15, -0.1) is 0 Å². The number of nitrogens with zero attached hydrogens (tertiary/aromatic N) is 3. The molecule has 0 spiro atoms. The number of rotatable bonds is 3. The van der Waals surface area contributed by atoms with Crippen molar-refractivity contribution in [1.82, 2.24) is 4.90 Å². The van der Waals surface area contributed by atoms with Crippen LogP contribution in [-0.4, -0.2) is 49.2 Å². The zero-order valence-electron chi connectivity index (χ0n) is 11.7. The van der Waals surface area contributed by atoms with Gasteiger partial charge in [-0.1, -0.05) is 12.1 Å². The van der Waals surface area contributed by atoms with Gasteiger partial charge in [0.05, 0.1) is 0 Å². The zero-order valence-corrected chi connectivity index (χ0v) is 11.7. The average Bonchev–Trinajstić information content (AvgIpc) is 2.80. The Labute approximate surface area is 114 Å². The summed E-state index contributed by atoms with van der Waals surface area (Å²) >= 11 is 0. The summed E-state index contributed by atoms with van der Waals surface area (Å²) in [6, 6.07) is 8.41. The molecule has 3 N–H and O–H groups in total. The molecule has 1 saturated heterocycles. The molecular weight excluding hydrogens is 240 g/mol. The first-order chi connectivity index (χ1) is 9.02. The molecule has 0 bridgehead atoms. The predicted molar refractivity (Wildman–Crippen MR) is 77.8 cm³/mol. The molecule has 0 aliphatic carbocycles. The van der Waals surface area contributed by atoms with Crippen LogP contribution in [-0.2, 0) is 0 Å². The molecule has 1 aromatic carbocycles. The van der Waals surface area contributed by atoms with E-state index in [0.717, 1.165) is 18.7 Å². The van der Waals surface area contributed by atoms with Crippen LogP contribution in [0.25, 0.3) is 0 Å². The molecule has 0 saturated carbocycles. The lowest BCUT2D eigenvalue weighted by molar-refractivity contribution is 0.266. The SMILES string of the molecule is CC1CN(c2ccc(/C(N)=N/O)cc2)CC1N(C)C. The minimum Gasteiger partial charge on any atom is -0.409 e. The molecule has 1 fully saturated rings. The van der Waals surface area contributed by atoms with E-state index in [1.54, 1.807) is 0 Å². The summed E-state index contributed by atoms with van der Waals surface area (Å²) in [6.07, 6.45) is 0. The van der Waals surface area contributed by atoms with Gasteiger partial charge in [0.25, 0.3) is 0 Å². The maximum atomic E-state index is 8.65. The molecule has 1 aliphatic heterocycles. The Morgan fingerprint density at radius 1 is 1.32 bits per heavy atom. The lowest BCUT2D eigenvalue weighted by atomic mass is 10.1. The van der Waals surface area contributed by atoms with Gasteiger partial charge in [0.2, 0.25) is 0 Å². The molecular formula is C14H22N4O. The fourth-order valence-corrected chi connectivity index (χ4v) is 2.73. The number of anilines is 1. The highest BCUT2D eigenvalue weighted by Crippen LogP contribution is 2.26. The van der Waals surface area contributed by atoms with Crippen LogP contribution in [0, 0.1) is 5.92 Å². The van der Waals surface area contributed by atoms with Gasteiger partial charge in [-0.05, 0) is 44.3 Å². The van der Waals surface area contributed by atoms with Gasteiger partial charge in [0, 0.05) is 30.4 Å². The number of hydrogen-bond donors (Lipinski definition) is 2. The van der Waals surface area contributed by atoms with Crippen LogP contribution in [0.2, 0.25) is 0 Å². The minimum atomic E-state index is 0.146. The van der Waals surface area contributed by atoms with Crippen molar-refractivity contribution in [2.45, 2.75) is 13.0 Å². The first-order valence-electron chi connectivity index (χ1n) is 6.52. The molecule has 2 atom stereocenters. The van der Waals surface area contributed by atoms with Crippen LogP contribution in [0.15, 0.2) is 29.4 Å². The molecule has 0 radical (unpaired) electrons. The van der Waals surface area contributed by atoms with Crippen LogP contribution in [0.4, 0.5) is 5.69 Å². The van der Waals surface area contributed by atoms with E-state index in [2.05, 4.69) is 36.0 Å². The highest BCUT2D eigenvalue weighted by molar-refractivity contribution is 5.97. The summed E-state index contributed by atoms with van der Waals surface area (Å²) < 4.78 is 0. The number of likely N-dealkylation sites (N-methyl/N-ethyl adjacent to an activating group) is 1. The molecule has 0 amide bonds. The standard InChI is InChI=1S/C14H22N4O/c1-10-8-18(9-13(10)17(2)3)12-6-4-11(5-7-12)14(15)16-19/h4-7,10,13,19H,8-9H2,1-3H3,(H2,15,16). The van der Waals surface area contributed by atoms with Crippen molar-refractivity contribution >= 4 is 11.5 Å². The fraction of sp³-hybridized carbons (Fsp3) is 0.500. The summed E-state index contributed by atoms with van der Waals surface area (Å²) in [4.78, 5) is 4.67. The van der Waals surface area contributed by atoms with E-state index in [1.807, 2.05) is 24.3 Å². The number of oxime groups is 1. The molecule has 1 aromatic rings. The van der Waals surface area contributed by atoms with Crippen LogP contribution in [0.1, 0.15) is 12.5 Å². The van der Waals surface area contributed by atoms with Crippen LogP contribution in [0.5, 0.6) is 0 Å². The Balaban J connectivity index is 2.12. The van der Waals surface area contributed by atoms with E-state index < -0.39 is 0 Å². The molecule has 1 heterocycles. The minimum absolute atomic E-state index is 0.146. The van der Waals surface area contributed by atoms with Crippen molar-refractivity contribution in [2.24, 2.45) is 16.8 Å². The van der Waals surface area contributed by atoms with Gasteiger partial charge in [-0.3, -0.25) is 0 Å². The van der Waals surface area contributed by atoms with E-state index in [9.17, 15) is 0 Å². The van der Waals surface area contributed by atoms with Gasteiger partial charge in [0.15, 0.2) is 5.84 Å². The number of nitrogens with two attached hydrogens (primary N) is 1. The van der Waals surface area contributed by atoms with E-state index in [0.29, 0.717) is 12.0 Å². The van der Waals surface area contributed by atoms with Crippen molar-refractivity contribution in [1.29, 1.82) is 0 Å². The van der Waals surface area contributed by atoms with Gasteiger partial charge in [-0.25, -0.2) is 0 Å². The maximum absolute atomic E-state index is 8.65. The summed E-state index contributed by atoms with van der Waals surface area (Å²) in [5.41, 5.74) is 7.49. The van der Waals surface area contributed by atoms with Crippen molar-refractivity contribution in [3.05, 3.63) is 29.8 Å². The van der Waals surface area contributed by atoms with Gasteiger partial charge in [-0.2, -0.15) is 0 Å². The monoisotopic (exact) mass is 262 g/mol. The average molecular weight is 262 g/mol. The molecule has 0 aromatic heterocycles. The summed E-state index contributed by atoms with van der Waals surface area (Å²) in [5, 5.41) is 11.7. The first kappa shape index (κ1) is 13.7. The van der Waals surface area contributed by atoms with Crippen LogP contribution >= 0.6 is 0 Å². The largest absolute Gasteiger partial charge is 0.409 e. The first-order valence-corrected chi connectivity index (χ1v) is 6.52. The quantitative estimate of drug-likeness (QED) is 0.371. The highest BCUT2D eigenvalue weighted by atomic mass is 16.4. The van der Waals surface area contributed by atoms with Crippen molar-refractivity contribution in [3.63, 3.8) is 0 Å². The Hall–Kier alpha value is -1.75. The Kier molecular flexibility index (Phi) is 3.95. The molecule has 2 unspecified atom stereocenters. The van der Waals surface area contributed by atoms with Crippen molar-refractivity contribution in [3.8, 4) is 0 Å². The lowest BCUT2D eigenvalue weighted by Crippen LogP contribution is -2.34. The normalized spacial score (nSPS) is 24.2. The smallest absolute Gasteiger partial charge is 0.170 e. The van der Waals surface area contributed by atoms with Crippen molar-refractivity contribution < 1.29 is 5.21 Å². The third-order valence-corrected chi connectivity index (χ3v) is 3.87. The molecule has 1 aliphatic rings. The van der Waals surface area contributed by atoms with E-state index in [-0.39, 0.29) is 5.84 Å². The van der Waals surface area contributed by atoms with E-state index >= 15 is 0 Å². The van der Waals surface area contributed by atoms with E-state index in [1.165, 1.54) is 5.69 Å². The predicted octanol–water partition coefficient (Wildman–Crippen LogP) is 1.17. The van der Waals surface area contributed by atoms with Gasteiger partial charge < -0.3 is 20.7 Å². The third-order valence-electron chi connectivity index (χ3n) is 3.87. The third kappa shape index (κ3) is 2.81. The van der Waals surface area contributed by atoms with Crippen LogP contribution in [0.3, 0.4) is 0 Å². The number of hydrogen-bond acceptors (Lipinski definition) is 4. The molecule has 5 heteroatoms. The molecule has 19 heavy (non-hydrogen) atoms. The van der Waals surface area contributed by atoms with Crippen molar-refractivity contribution in [2.75, 3.05) is 32.1 Å². The summed E-state index contributed by atoms with van der Waals surface area (Å²) in [6.45, 7) is 4.39. The molecule has 2 rings (SSSR count). The Bertz CT molecular complexity index is 455. The van der Waals surface area contributed by atoms with Gasteiger partial charge >= 0.3 is 0 Å². The van der Waals surface area contributed by atoms with Crippen LogP contribution < -0.4 is 10.6 Å². The van der Waals surface area contributed by atoms with Gasteiger partial charge in [0.1, 0.15) is 0 Å². The number of amidine groups is 1. The summed E-state index contributed by atoms with van der Waals surface area (Å²) in [7, 11) is 4.26.